The highest BCUT2D eigenvalue weighted by Gasteiger charge is 2.11. The first-order valence-electron chi connectivity index (χ1n) is 4.49. The van der Waals surface area contributed by atoms with Gasteiger partial charge in [-0.25, -0.2) is 4.98 Å². The molecule has 1 rings (SSSR count). The largest absolute Gasteiger partial charge is 0.385 e. The summed E-state index contributed by atoms with van der Waals surface area (Å²) in [7, 11) is 1.64. The second kappa shape index (κ2) is 5.81. The van der Waals surface area contributed by atoms with Crippen LogP contribution in [0, 0.1) is 3.57 Å². The van der Waals surface area contributed by atoms with Crippen LogP contribution in [0.2, 0.25) is 5.15 Å². The van der Waals surface area contributed by atoms with E-state index in [2.05, 4.69) is 4.98 Å². The van der Waals surface area contributed by atoms with Gasteiger partial charge in [-0.05, 0) is 35.9 Å². The highest BCUT2D eigenvalue weighted by molar-refractivity contribution is 14.1. The Balaban J connectivity index is 2.95. The van der Waals surface area contributed by atoms with Crippen molar-refractivity contribution in [1.29, 1.82) is 0 Å². The molecule has 1 heterocycles. The van der Waals surface area contributed by atoms with Gasteiger partial charge in [0.15, 0.2) is 0 Å². The number of nitrogens with zero attached hydrogens (tertiary/aromatic N) is 2. The monoisotopic (exact) mass is 342 g/mol. The lowest BCUT2D eigenvalue weighted by atomic mass is 10.2. The van der Waals surface area contributed by atoms with Crippen molar-refractivity contribution in [3.05, 3.63) is 25.4 Å². The summed E-state index contributed by atoms with van der Waals surface area (Å²) in [6.45, 7) is 2.57. The molecule has 0 saturated heterocycles. The molecule has 1 unspecified atom stereocenters. The quantitative estimate of drug-likeness (QED) is 0.622. The average Bonchev–Trinajstić information content (AvgIpc) is 2.23. The van der Waals surface area contributed by atoms with Crippen molar-refractivity contribution in [2.75, 3.05) is 13.7 Å². The predicted molar refractivity (Wildman–Crippen MR) is 67.4 cm³/mol. The number of hydrogen-bond acceptors (Lipinski definition) is 3. The van der Waals surface area contributed by atoms with Crippen molar-refractivity contribution < 1.29 is 4.74 Å². The molecule has 6 heteroatoms. The van der Waals surface area contributed by atoms with Crippen LogP contribution >= 0.6 is 34.2 Å². The van der Waals surface area contributed by atoms with E-state index in [0.29, 0.717) is 10.2 Å². The van der Waals surface area contributed by atoms with Crippen LogP contribution in [0.15, 0.2) is 11.1 Å². The zero-order valence-electron chi connectivity index (χ0n) is 8.54. The van der Waals surface area contributed by atoms with Crippen LogP contribution in [-0.2, 0) is 4.74 Å². The molecule has 0 spiro atoms. The molecule has 0 bridgehead atoms. The molecule has 0 aromatic carbocycles. The molecule has 4 nitrogen and oxygen atoms in total. The van der Waals surface area contributed by atoms with E-state index in [1.165, 1.54) is 6.33 Å². The number of aromatic nitrogens is 2. The summed E-state index contributed by atoms with van der Waals surface area (Å²) < 4.78 is 7.00. The first-order chi connectivity index (χ1) is 7.07. The Morgan fingerprint density at radius 2 is 2.40 bits per heavy atom. The molecule has 1 atom stereocenters. The second-order valence-corrected chi connectivity index (χ2v) is 4.63. The molecule has 0 radical (unpaired) electrons. The third-order valence-corrected chi connectivity index (χ3v) is 3.69. The lowest BCUT2D eigenvalue weighted by Crippen LogP contribution is -2.26. The van der Waals surface area contributed by atoms with E-state index < -0.39 is 0 Å². The van der Waals surface area contributed by atoms with Gasteiger partial charge >= 0.3 is 0 Å². The van der Waals surface area contributed by atoms with Crippen LogP contribution in [0.25, 0.3) is 0 Å². The van der Waals surface area contributed by atoms with Gasteiger partial charge in [0.1, 0.15) is 8.72 Å². The predicted octanol–water partition coefficient (Wildman–Crippen LogP) is 2.10. The SMILES string of the molecule is COCCC(C)n1cnc(Cl)c(I)c1=O. The number of methoxy groups -OCH3 is 1. The van der Waals surface area contributed by atoms with Gasteiger partial charge in [-0.2, -0.15) is 0 Å². The summed E-state index contributed by atoms with van der Waals surface area (Å²) in [5, 5.41) is 0.260. The lowest BCUT2D eigenvalue weighted by molar-refractivity contribution is 0.180. The highest BCUT2D eigenvalue weighted by Crippen LogP contribution is 2.13. The zero-order valence-corrected chi connectivity index (χ0v) is 11.4. The summed E-state index contributed by atoms with van der Waals surface area (Å²) in [4.78, 5) is 15.7. The van der Waals surface area contributed by atoms with E-state index in [1.54, 1.807) is 11.7 Å². The summed E-state index contributed by atoms with van der Waals surface area (Å²) in [5.74, 6) is 0. The Hall–Kier alpha value is -0.140. The van der Waals surface area contributed by atoms with Crippen molar-refractivity contribution in [3.63, 3.8) is 0 Å². The van der Waals surface area contributed by atoms with Crippen molar-refractivity contribution in [2.45, 2.75) is 19.4 Å². The van der Waals surface area contributed by atoms with E-state index in [-0.39, 0.29) is 16.8 Å². The summed E-state index contributed by atoms with van der Waals surface area (Å²) in [5.41, 5.74) is -0.0980. The summed E-state index contributed by atoms with van der Waals surface area (Å²) >= 11 is 7.64. The van der Waals surface area contributed by atoms with E-state index in [0.717, 1.165) is 6.42 Å². The van der Waals surface area contributed by atoms with Gasteiger partial charge in [0.25, 0.3) is 5.56 Å². The molecule has 0 N–H and O–H groups in total. The molecular weight excluding hydrogens is 330 g/mol. The third kappa shape index (κ3) is 3.15. The molecule has 1 aromatic heterocycles. The molecule has 0 amide bonds. The first-order valence-corrected chi connectivity index (χ1v) is 5.94. The smallest absolute Gasteiger partial charge is 0.268 e. The number of halogens is 2. The lowest BCUT2D eigenvalue weighted by Gasteiger charge is -2.14. The topological polar surface area (TPSA) is 44.1 Å². The fourth-order valence-corrected chi connectivity index (χ4v) is 1.71. The molecule has 0 aliphatic rings. The Morgan fingerprint density at radius 1 is 1.73 bits per heavy atom. The number of hydrogen-bond donors (Lipinski definition) is 0. The van der Waals surface area contributed by atoms with Gasteiger partial charge in [0, 0.05) is 19.8 Å². The van der Waals surface area contributed by atoms with Gasteiger partial charge in [-0.1, -0.05) is 11.6 Å². The molecule has 0 saturated carbocycles. The average molecular weight is 343 g/mol. The van der Waals surface area contributed by atoms with Crippen molar-refractivity contribution in [2.24, 2.45) is 0 Å². The standard InChI is InChI=1S/C9H12ClIN2O2/c1-6(3-4-15-2)13-5-12-8(10)7(11)9(13)14/h5-6H,3-4H2,1-2H3. The van der Waals surface area contributed by atoms with Gasteiger partial charge < -0.3 is 4.74 Å². The van der Waals surface area contributed by atoms with Crippen molar-refractivity contribution in [1.82, 2.24) is 9.55 Å². The Morgan fingerprint density at radius 3 is 3.00 bits per heavy atom. The minimum atomic E-state index is -0.0980. The molecular formula is C9H12ClIN2O2. The van der Waals surface area contributed by atoms with Crippen molar-refractivity contribution in [3.8, 4) is 0 Å². The van der Waals surface area contributed by atoms with E-state index in [9.17, 15) is 4.79 Å². The van der Waals surface area contributed by atoms with Crippen LogP contribution in [0.1, 0.15) is 19.4 Å². The number of ether oxygens (including phenoxy) is 1. The second-order valence-electron chi connectivity index (χ2n) is 3.19. The molecule has 0 fully saturated rings. The Labute approximate surface area is 107 Å². The molecule has 15 heavy (non-hydrogen) atoms. The maximum Gasteiger partial charge on any atom is 0.268 e. The molecule has 84 valence electrons. The normalized spacial score (nSPS) is 12.8. The first kappa shape index (κ1) is 12.9. The molecule has 0 aliphatic heterocycles. The van der Waals surface area contributed by atoms with Gasteiger partial charge in [0.2, 0.25) is 0 Å². The van der Waals surface area contributed by atoms with E-state index in [4.69, 9.17) is 16.3 Å². The highest BCUT2D eigenvalue weighted by atomic mass is 127. The Bertz CT molecular complexity index is 394. The van der Waals surface area contributed by atoms with Crippen LogP contribution < -0.4 is 5.56 Å². The van der Waals surface area contributed by atoms with Gasteiger partial charge in [-0.15, -0.1) is 0 Å². The summed E-state index contributed by atoms with van der Waals surface area (Å²) in [6, 6.07) is 0.0655. The van der Waals surface area contributed by atoms with Crippen LogP contribution in [0.4, 0.5) is 0 Å². The molecule has 1 aromatic rings. The fraction of sp³-hybridized carbons (Fsp3) is 0.556. The van der Waals surface area contributed by atoms with Gasteiger partial charge in [-0.3, -0.25) is 9.36 Å². The van der Waals surface area contributed by atoms with Gasteiger partial charge in [0.05, 0.1) is 6.33 Å². The van der Waals surface area contributed by atoms with Crippen LogP contribution in [0.5, 0.6) is 0 Å². The fourth-order valence-electron chi connectivity index (χ4n) is 1.17. The van der Waals surface area contributed by atoms with E-state index in [1.807, 2.05) is 29.5 Å². The summed E-state index contributed by atoms with van der Waals surface area (Å²) in [6.07, 6.45) is 2.25. The zero-order chi connectivity index (χ0) is 11.4. The maximum atomic E-state index is 11.8. The minimum Gasteiger partial charge on any atom is -0.385 e. The maximum absolute atomic E-state index is 11.8. The Kier molecular flexibility index (Phi) is 5.01. The van der Waals surface area contributed by atoms with E-state index >= 15 is 0 Å². The third-order valence-electron chi connectivity index (χ3n) is 2.11. The molecule has 0 aliphatic carbocycles. The van der Waals surface area contributed by atoms with Crippen LogP contribution in [0.3, 0.4) is 0 Å². The van der Waals surface area contributed by atoms with Crippen molar-refractivity contribution >= 4 is 34.2 Å². The number of rotatable bonds is 4. The minimum absolute atomic E-state index is 0.0655. The van der Waals surface area contributed by atoms with Crippen LogP contribution in [-0.4, -0.2) is 23.3 Å².